The fraction of sp³-hybridized carbons (Fsp3) is 0.353. The number of aromatic nitrogens is 2. The van der Waals surface area contributed by atoms with Gasteiger partial charge in [-0.3, -0.25) is 4.99 Å². The first-order valence-corrected chi connectivity index (χ1v) is 7.75. The number of aliphatic hydroxyl groups excluding tert-OH is 1. The lowest BCUT2D eigenvalue weighted by Gasteiger charge is -2.31. The smallest absolute Gasteiger partial charge is 0.123 e. The molecule has 1 aromatic carbocycles. The number of amidine groups is 1. The van der Waals surface area contributed by atoms with Gasteiger partial charge in [0.05, 0.1) is 24.4 Å². The summed E-state index contributed by atoms with van der Waals surface area (Å²) in [5.74, 6) is 0.744. The SMILES string of the molecule is OC[C@@H]1CCC2=NC(c3ccc(F)cc3)C(c3ccncn3)N21. The van der Waals surface area contributed by atoms with Gasteiger partial charge in [-0.15, -0.1) is 0 Å². The molecule has 0 bridgehead atoms. The molecule has 2 aliphatic heterocycles. The lowest BCUT2D eigenvalue weighted by Crippen LogP contribution is -2.37. The second kappa shape index (κ2) is 5.70. The van der Waals surface area contributed by atoms with Crippen molar-refractivity contribution in [3.05, 3.63) is 59.9 Å². The molecule has 5 nitrogen and oxygen atoms in total. The number of fused-ring (bicyclic) bond motifs is 1. The highest BCUT2D eigenvalue weighted by Crippen LogP contribution is 2.46. The van der Waals surface area contributed by atoms with E-state index in [1.54, 1.807) is 18.3 Å². The summed E-state index contributed by atoms with van der Waals surface area (Å²) < 4.78 is 13.2. The predicted octanol–water partition coefficient (Wildman–Crippen LogP) is 2.27. The van der Waals surface area contributed by atoms with Crippen LogP contribution in [0.2, 0.25) is 0 Å². The molecule has 2 aliphatic rings. The molecule has 4 rings (SSSR count). The zero-order chi connectivity index (χ0) is 15.8. The van der Waals surface area contributed by atoms with E-state index in [9.17, 15) is 9.50 Å². The normalized spacial score (nSPS) is 26.3. The molecule has 0 radical (unpaired) electrons. The number of aliphatic imine (C=N–C) groups is 1. The Kier molecular flexibility index (Phi) is 3.53. The minimum Gasteiger partial charge on any atom is -0.394 e. The molecule has 118 valence electrons. The van der Waals surface area contributed by atoms with Crippen molar-refractivity contribution in [1.29, 1.82) is 0 Å². The number of rotatable bonds is 3. The Labute approximate surface area is 133 Å². The van der Waals surface area contributed by atoms with Gasteiger partial charge in [-0.25, -0.2) is 14.4 Å². The van der Waals surface area contributed by atoms with Crippen LogP contribution in [0, 0.1) is 5.82 Å². The standard InChI is InChI=1S/C17H17FN4O/c18-12-3-1-11(2-4-12)16-17(14-7-8-19-10-20-14)22-13(9-23)5-6-15(22)21-16/h1-4,7-8,10,13,16-17,23H,5-6,9H2/t13-,16?,17?/m0/s1. The Balaban J connectivity index is 1.78. The zero-order valence-corrected chi connectivity index (χ0v) is 12.5. The van der Waals surface area contributed by atoms with Gasteiger partial charge in [-0.05, 0) is 30.2 Å². The van der Waals surface area contributed by atoms with Gasteiger partial charge in [0.2, 0.25) is 0 Å². The van der Waals surface area contributed by atoms with Gasteiger partial charge in [0.1, 0.15) is 24.0 Å². The summed E-state index contributed by atoms with van der Waals surface area (Å²) in [6.07, 6.45) is 4.99. The number of aliphatic hydroxyl groups is 1. The summed E-state index contributed by atoms with van der Waals surface area (Å²) in [5.41, 5.74) is 1.82. The maximum absolute atomic E-state index is 13.2. The summed E-state index contributed by atoms with van der Waals surface area (Å²) in [6, 6.07) is 8.17. The molecule has 3 heterocycles. The maximum Gasteiger partial charge on any atom is 0.123 e. The van der Waals surface area contributed by atoms with Gasteiger partial charge in [-0.2, -0.15) is 0 Å². The van der Waals surface area contributed by atoms with Gasteiger partial charge >= 0.3 is 0 Å². The molecule has 1 saturated heterocycles. The van der Waals surface area contributed by atoms with Crippen molar-refractivity contribution in [3.63, 3.8) is 0 Å². The van der Waals surface area contributed by atoms with Crippen LogP contribution in [-0.4, -0.2) is 38.5 Å². The molecule has 0 aliphatic carbocycles. The molecule has 0 saturated carbocycles. The number of hydrogen-bond acceptors (Lipinski definition) is 5. The third-order valence-electron chi connectivity index (χ3n) is 4.61. The second-order valence-electron chi connectivity index (χ2n) is 5.90. The van der Waals surface area contributed by atoms with E-state index in [0.29, 0.717) is 0 Å². The number of hydrogen-bond donors (Lipinski definition) is 1. The molecular formula is C17H17FN4O. The van der Waals surface area contributed by atoms with E-state index in [0.717, 1.165) is 29.9 Å². The molecule has 0 spiro atoms. The molecule has 1 N–H and O–H groups in total. The molecule has 0 amide bonds. The summed E-state index contributed by atoms with van der Waals surface area (Å²) >= 11 is 0. The zero-order valence-electron chi connectivity index (χ0n) is 12.5. The Morgan fingerprint density at radius 3 is 2.74 bits per heavy atom. The Morgan fingerprint density at radius 1 is 1.22 bits per heavy atom. The quantitative estimate of drug-likeness (QED) is 0.944. The highest BCUT2D eigenvalue weighted by molar-refractivity contribution is 5.87. The van der Waals surface area contributed by atoms with Crippen molar-refractivity contribution >= 4 is 5.84 Å². The van der Waals surface area contributed by atoms with Crippen LogP contribution in [0.3, 0.4) is 0 Å². The minimum absolute atomic E-state index is 0.0548. The fourth-order valence-electron chi connectivity index (χ4n) is 3.55. The average molecular weight is 312 g/mol. The van der Waals surface area contributed by atoms with Gasteiger partial charge < -0.3 is 10.0 Å². The summed E-state index contributed by atoms with van der Waals surface area (Å²) in [4.78, 5) is 15.4. The van der Waals surface area contributed by atoms with E-state index in [1.165, 1.54) is 18.5 Å². The van der Waals surface area contributed by atoms with Gasteiger partial charge in [0.15, 0.2) is 0 Å². The fourth-order valence-corrected chi connectivity index (χ4v) is 3.55. The molecule has 2 aromatic rings. The van der Waals surface area contributed by atoms with Gasteiger partial charge in [0.25, 0.3) is 0 Å². The molecule has 6 heteroatoms. The topological polar surface area (TPSA) is 61.6 Å². The van der Waals surface area contributed by atoms with Crippen molar-refractivity contribution in [2.24, 2.45) is 4.99 Å². The van der Waals surface area contributed by atoms with Gasteiger partial charge in [-0.1, -0.05) is 12.1 Å². The van der Waals surface area contributed by atoms with Crippen LogP contribution in [0.15, 0.2) is 47.8 Å². The third kappa shape index (κ3) is 2.39. The second-order valence-corrected chi connectivity index (χ2v) is 5.90. The van der Waals surface area contributed by atoms with E-state index >= 15 is 0 Å². The van der Waals surface area contributed by atoms with E-state index in [2.05, 4.69) is 14.9 Å². The number of benzene rings is 1. The van der Waals surface area contributed by atoms with Crippen LogP contribution in [0.4, 0.5) is 4.39 Å². The minimum atomic E-state index is -0.258. The largest absolute Gasteiger partial charge is 0.394 e. The van der Waals surface area contributed by atoms with E-state index in [1.807, 2.05) is 6.07 Å². The van der Waals surface area contributed by atoms with Crippen LogP contribution in [0.1, 0.15) is 36.2 Å². The van der Waals surface area contributed by atoms with Crippen molar-refractivity contribution in [2.75, 3.05) is 6.61 Å². The van der Waals surface area contributed by atoms with Crippen molar-refractivity contribution < 1.29 is 9.50 Å². The number of halogens is 1. The maximum atomic E-state index is 13.2. The number of nitrogens with zero attached hydrogens (tertiary/aromatic N) is 4. The van der Waals surface area contributed by atoms with Crippen LogP contribution >= 0.6 is 0 Å². The van der Waals surface area contributed by atoms with E-state index in [4.69, 9.17) is 4.99 Å². The first kappa shape index (κ1) is 14.3. The summed E-state index contributed by atoms with van der Waals surface area (Å²) in [5, 5.41) is 9.69. The van der Waals surface area contributed by atoms with Crippen LogP contribution in [0.25, 0.3) is 0 Å². The molecule has 2 unspecified atom stereocenters. The summed E-state index contributed by atoms with van der Waals surface area (Å²) in [7, 11) is 0. The van der Waals surface area contributed by atoms with Crippen LogP contribution < -0.4 is 0 Å². The molecule has 1 aromatic heterocycles. The van der Waals surface area contributed by atoms with Crippen molar-refractivity contribution in [3.8, 4) is 0 Å². The lowest BCUT2D eigenvalue weighted by atomic mass is 9.96. The highest BCUT2D eigenvalue weighted by atomic mass is 19.1. The van der Waals surface area contributed by atoms with E-state index in [-0.39, 0.29) is 30.5 Å². The molecule has 3 atom stereocenters. The predicted molar refractivity (Wildman–Crippen MR) is 83.3 cm³/mol. The first-order chi connectivity index (χ1) is 11.3. The van der Waals surface area contributed by atoms with Crippen LogP contribution in [0.5, 0.6) is 0 Å². The Morgan fingerprint density at radius 2 is 2.04 bits per heavy atom. The average Bonchev–Trinajstić information content (AvgIpc) is 3.15. The summed E-state index contributed by atoms with van der Waals surface area (Å²) in [6.45, 7) is 0.0940. The van der Waals surface area contributed by atoms with Crippen molar-refractivity contribution in [2.45, 2.75) is 31.0 Å². The molecule has 1 fully saturated rings. The van der Waals surface area contributed by atoms with Crippen molar-refractivity contribution in [1.82, 2.24) is 14.9 Å². The monoisotopic (exact) mass is 312 g/mol. The lowest BCUT2D eigenvalue weighted by molar-refractivity contribution is 0.158. The Bertz CT molecular complexity index is 719. The first-order valence-electron chi connectivity index (χ1n) is 7.75. The highest BCUT2D eigenvalue weighted by Gasteiger charge is 2.45. The Hall–Kier alpha value is -2.34. The van der Waals surface area contributed by atoms with Gasteiger partial charge in [0, 0.05) is 12.6 Å². The third-order valence-corrected chi connectivity index (χ3v) is 4.61. The molecular weight excluding hydrogens is 295 g/mol. The van der Waals surface area contributed by atoms with E-state index < -0.39 is 0 Å². The molecule has 23 heavy (non-hydrogen) atoms. The van der Waals surface area contributed by atoms with Crippen LogP contribution in [-0.2, 0) is 0 Å².